The quantitative estimate of drug-likeness (QED) is 0.245. The molecule has 0 unspecified atom stereocenters. The predicted molar refractivity (Wildman–Crippen MR) is 143 cm³/mol. The molecule has 5 rings (SSSR count). The lowest BCUT2D eigenvalue weighted by Gasteiger charge is -2.17. The van der Waals surface area contributed by atoms with E-state index >= 15 is 0 Å². The van der Waals surface area contributed by atoms with Crippen LogP contribution in [0.15, 0.2) is 71.9 Å². The van der Waals surface area contributed by atoms with Gasteiger partial charge in [-0.15, -0.1) is 5.10 Å². The molecule has 14 heteroatoms. The summed E-state index contributed by atoms with van der Waals surface area (Å²) in [4.78, 5) is 3.27. The molecule has 0 aliphatic heterocycles. The second-order valence-corrected chi connectivity index (χ2v) is 11.6. The predicted octanol–water partition coefficient (Wildman–Crippen LogP) is 5.80. The normalized spacial score (nSPS) is 12.2. The molecule has 0 atom stereocenters. The van der Waals surface area contributed by atoms with Crippen molar-refractivity contribution in [3.63, 3.8) is 0 Å². The Morgan fingerprint density at radius 3 is 2.27 bits per heavy atom. The van der Waals surface area contributed by atoms with Gasteiger partial charge < -0.3 is 9.67 Å². The van der Waals surface area contributed by atoms with Crippen molar-refractivity contribution >= 4 is 21.4 Å². The molecule has 0 radical (unpaired) electrons. The summed E-state index contributed by atoms with van der Waals surface area (Å²) in [5, 5.41) is 18.2. The molecule has 3 aromatic carbocycles. The van der Waals surface area contributed by atoms with Crippen LogP contribution in [0.25, 0.3) is 33.8 Å². The molecule has 2 aromatic heterocycles. The molecule has 212 valence electrons. The Labute approximate surface area is 236 Å². The second-order valence-electron chi connectivity index (χ2n) is 9.15. The van der Waals surface area contributed by atoms with E-state index < -0.39 is 34.1 Å². The average molecular weight is 606 g/mol. The highest BCUT2D eigenvalue weighted by atomic mass is 35.5. The third kappa shape index (κ3) is 5.47. The molecular formula is C27H20ClF4N5O3S. The molecule has 0 aliphatic rings. The van der Waals surface area contributed by atoms with Crippen molar-refractivity contribution in [3.05, 3.63) is 94.9 Å². The van der Waals surface area contributed by atoms with E-state index in [2.05, 4.69) is 15.3 Å². The molecule has 8 nitrogen and oxygen atoms in total. The number of aliphatic hydroxyl groups excluding tert-OH is 1. The largest absolute Gasteiger partial charge is 0.434 e. The van der Waals surface area contributed by atoms with Crippen molar-refractivity contribution in [2.45, 2.75) is 24.6 Å². The van der Waals surface area contributed by atoms with Crippen molar-refractivity contribution in [2.24, 2.45) is 0 Å². The fourth-order valence-electron chi connectivity index (χ4n) is 4.42. The third-order valence-electron chi connectivity index (χ3n) is 6.37. The Bertz CT molecular complexity index is 1880. The minimum Gasteiger partial charge on any atom is -0.392 e. The number of alkyl halides is 3. The number of imidazole rings is 1. The fourth-order valence-corrected chi connectivity index (χ4v) is 5.50. The van der Waals surface area contributed by atoms with E-state index in [0.717, 1.165) is 18.5 Å². The minimum atomic E-state index is -4.69. The topological polar surface area (TPSA) is 103 Å². The summed E-state index contributed by atoms with van der Waals surface area (Å²) >= 11 is 6.03. The summed E-state index contributed by atoms with van der Waals surface area (Å²) in [7, 11) is -3.92. The zero-order valence-electron chi connectivity index (χ0n) is 21.4. The Balaban J connectivity index is 1.78. The van der Waals surface area contributed by atoms with Gasteiger partial charge in [0.1, 0.15) is 11.6 Å². The number of aryl methyl sites for hydroxylation is 1. The van der Waals surface area contributed by atoms with Gasteiger partial charge in [0.2, 0.25) is 0 Å². The number of hydrogen-bond donors (Lipinski definition) is 1. The standard InChI is InChI=1S/C27H20ClF4N5O3S/c1-15-34-26(27(30,31)32)13-36(15)22-8-5-17(18-9-21(29)20(14-38)25(11-18)41(2,39)40)10-23(22)37-24(12-33-35-37)16-3-6-19(28)7-4-16/h3-13,38H,14H2,1-2H3. The van der Waals surface area contributed by atoms with Crippen LogP contribution in [0.5, 0.6) is 0 Å². The molecule has 0 saturated heterocycles. The van der Waals surface area contributed by atoms with Gasteiger partial charge in [0.15, 0.2) is 15.5 Å². The molecular weight excluding hydrogens is 586 g/mol. The number of hydrogen-bond acceptors (Lipinski definition) is 6. The van der Waals surface area contributed by atoms with Crippen molar-refractivity contribution in [2.75, 3.05) is 6.26 Å². The van der Waals surface area contributed by atoms with E-state index in [4.69, 9.17) is 11.6 Å². The summed E-state index contributed by atoms with van der Waals surface area (Å²) in [6.07, 6.45) is -1.48. The lowest BCUT2D eigenvalue weighted by Crippen LogP contribution is -2.08. The summed E-state index contributed by atoms with van der Waals surface area (Å²) in [6, 6.07) is 13.6. The lowest BCUT2D eigenvalue weighted by molar-refractivity contribution is -0.141. The first-order valence-corrected chi connectivity index (χ1v) is 14.1. The minimum absolute atomic E-state index is 0.0391. The van der Waals surface area contributed by atoms with E-state index in [1.165, 1.54) is 46.6 Å². The van der Waals surface area contributed by atoms with Gasteiger partial charge in [-0.2, -0.15) is 13.2 Å². The van der Waals surface area contributed by atoms with Crippen LogP contribution >= 0.6 is 11.6 Å². The van der Waals surface area contributed by atoms with Crippen LogP contribution in [0.2, 0.25) is 5.02 Å². The van der Waals surface area contributed by atoms with E-state index in [-0.39, 0.29) is 33.2 Å². The number of benzene rings is 3. The molecule has 0 spiro atoms. The maximum absolute atomic E-state index is 14.9. The zero-order chi connectivity index (χ0) is 29.7. The van der Waals surface area contributed by atoms with Crippen LogP contribution in [0.3, 0.4) is 0 Å². The van der Waals surface area contributed by atoms with Gasteiger partial charge in [-0.05, 0) is 54.4 Å². The molecule has 2 heterocycles. The van der Waals surface area contributed by atoms with Crippen LogP contribution in [0.4, 0.5) is 17.6 Å². The van der Waals surface area contributed by atoms with Crippen molar-refractivity contribution in [1.82, 2.24) is 24.5 Å². The van der Waals surface area contributed by atoms with Crippen LogP contribution in [0, 0.1) is 12.7 Å². The smallest absolute Gasteiger partial charge is 0.392 e. The Morgan fingerprint density at radius 2 is 1.66 bits per heavy atom. The summed E-state index contributed by atoms with van der Waals surface area (Å²) in [5.41, 5.74) is 0.601. The van der Waals surface area contributed by atoms with Gasteiger partial charge in [0.25, 0.3) is 0 Å². The Hall–Kier alpha value is -4.07. The Kier molecular flexibility index (Phi) is 7.22. The number of aromatic nitrogens is 5. The monoisotopic (exact) mass is 605 g/mol. The molecule has 5 aromatic rings. The molecule has 0 amide bonds. The number of halogens is 5. The van der Waals surface area contributed by atoms with Gasteiger partial charge >= 0.3 is 6.18 Å². The summed E-state index contributed by atoms with van der Waals surface area (Å²) in [6.45, 7) is 0.583. The number of rotatable bonds is 6. The maximum Gasteiger partial charge on any atom is 0.434 e. The molecule has 1 N–H and O–H groups in total. The SMILES string of the molecule is Cc1nc(C(F)(F)F)cn1-c1ccc(-c2cc(F)c(CO)c(S(C)(=O)=O)c2)cc1-n1nncc1-c1ccc(Cl)cc1. The van der Waals surface area contributed by atoms with E-state index in [9.17, 15) is 31.1 Å². The van der Waals surface area contributed by atoms with Crippen LogP contribution < -0.4 is 0 Å². The molecule has 0 bridgehead atoms. The van der Waals surface area contributed by atoms with Crippen LogP contribution in [0.1, 0.15) is 17.1 Å². The first kappa shape index (κ1) is 28.5. The van der Waals surface area contributed by atoms with Crippen molar-refractivity contribution < 1.29 is 31.1 Å². The highest BCUT2D eigenvalue weighted by Gasteiger charge is 2.35. The van der Waals surface area contributed by atoms with E-state index in [1.807, 2.05) is 0 Å². The first-order chi connectivity index (χ1) is 19.3. The molecule has 41 heavy (non-hydrogen) atoms. The van der Waals surface area contributed by atoms with Gasteiger partial charge in [0.05, 0.1) is 34.8 Å². The number of sulfone groups is 1. The van der Waals surface area contributed by atoms with Gasteiger partial charge in [0, 0.05) is 28.6 Å². The molecule has 0 fully saturated rings. The lowest BCUT2D eigenvalue weighted by atomic mass is 10.0. The van der Waals surface area contributed by atoms with E-state index in [1.54, 1.807) is 24.3 Å². The van der Waals surface area contributed by atoms with Crippen LogP contribution in [-0.2, 0) is 22.6 Å². The Morgan fingerprint density at radius 1 is 0.976 bits per heavy atom. The average Bonchev–Trinajstić information content (AvgIpc) is 3.55. The first-order valence-electron chi connectivity index (χ1n) is 11.9. The maximum atomic E-state index is 14.9. The zero-order valence-corrected chi connectivity index (χ0v) is 22.9. The van der Waals surface area contributed by atoms with Gasteiger partial charge in [-0.25, -0.2) is 22.5 Å². The van der Waals surface area contributed by atoms with Gasteiger partial charge in [-0.1, -0.05) is 35.0 Å². The third-order valence-corrected chi connectivity index (χ3v) is 7.79. The summed E-state index contributed by atoms with van der Waals surface area (Å²) < 4.78 is 82.8. The second kappa shape index (κ2) is 10.4. The van der Waals surface area contributed by atoms with Gasteiger partial charge in [-0.3, -0.25) is 0 Å². The van der Waals surface area contributed by atoms with E-state index in [0.29, 0.717) is 21.8 Å². The number of aliphatic hydroxyl groups is 1. The van der Waals surface area contributed by atoms with Crippen LogP contribution in [-0.4, -0.2) is 44.3 Å². The van der Waals surface area contributed by atoms with Crippen molar-refractivity contribution in [3.8, 4) is 33.8 Å². The van der Waals surface area contributed by atoms with Crippen molar-refractivity contribution in [1.29, 1.82) is 0 Å². The summed E-state index contributed by atoms with van der Waals surface area (Å²) in [5.74, 6) is -0.892. The number of nitrogens with zero attached hydrogens (tertiary/aromatic N) is 5. The highest BCUT2D eigenvalue weighted by molar-refractivity contribution is 7.90. The fraction of sp³-hybridized carbons (Fsp3) is 0.148. The highest BCUT2D eigenvalue weighted by Crippen LogP contribution is 2.35. The molecule has 0 saturated carbocycles. The molecule has 0 aliphatic carbocycles.